The van der Waals surface area contributed by atoms with Crippen LogP contribution in [-0.2, 0) is 14.6 Å². The summed E-state index contributed by atoms with van der Waals surface area (Å²) >= 11 is 0. The third-order valence-corrected chi connectivity index (χ3v) is 5.56. The third-order valence-electron chi connectivity index (χ3n) is 3.81. The summed E-state index contributed by atoms with van der Waals surface area (Å²) in [5.74, 6) is -0.212. The molecule has 7 nitrogen and oxygen atoms in total. The van der Waals surface area contributed by atoms with E-state index in [-0.39, 0.29) is 30.1 Å². The summed E-state index contributed by atoms with van der Waals surface area (Å²) in [5, 5.41) is 0. The fourth-order valence-electron chi connectivity index (χ4n) is 2.60. The number of carbonyl (C=O) groups excluding carboxylic acids is 2. The van der Waals surface area contributed by atoms with Gasteiger partial charge in [0.2, 0.25) is 5.91 Å². The highest BCUT2D eigenvalue weighted by atomic mass is 32.2. The minimum Gasteiger partial charge on any atom is -0.484 e. The average Bonchev–Trinajstić information content (AvgIpc) is 2.86. The number of carbonyl (C=O) groups is 2. The summed E-state index contributed by atoms with van der Waals surface area (Å²) in [5.41, 5.74) is 5.50. The lowest BCUT2D eigenvalue weighted by molar-refractivity contribution is -0.135. The van der Waals surface area contributed by atoms with Crippen molar-refractivity contribution in [2.45, 2.75) is 19.4 Å². The van der Waals surface area contributed by atoms with Crippen LogP contribution in [0, 0.1) is 0 Å². The first kappa shape index (κ1) is 17.3. The fourth-order valence-corrected chi connectivity index (χ4v) is 4.33. The highest BCUT2D eigenvalue weighted by Gasteiger charge is 2.33. The first-order valence-electron chi connectivity index (χ1n) is 7.35. The lowest BCUT2D eigenvalue weighted by Gasteiger charge is -2.26. The summed E-state index contributed by atoms with van der Waals surface area (Å²) in [4.78, 5) is 24.8. The maximum absolute atomic E-state index is 12.3. The van der Waals surface area contributed by atoms with Gasteiger partial charge >= 0.3 is 0 Å². The number of amides is 2. The molecule has 1 aliphatic heterocycles. The fraction of sp³-hybridized carbons (Fsp3) is 0.467. The van der Waals surface area contributed by atoms with E-state index in [0.29, 0.717) is 24.3 Å². The Morgan fingerprint density at radius 1 is 1.30 bits per heavy atom. The van der Waals surface area contributed by atoms with E-state index >= 15 is 0 Å². The third kappa shape index (κ3) is 4.44. The second-order valence-electron chi connectivity index (χ2n) is 5.41. The lowest BCUT2D eigenvalue weighted by Crippen LogP contribution is -2.43. The molecular formula is C15H20N2O5S. The molecule has 1 aromatic rings. The van der Waals surface area contributed by atoms with Gasteiger partial charge < -0.3 is 15.4 Å². The van der Waals surface area contributed by atoms with Crippen LogP contribution in [-0.4, -0.2) is 55.8 Å². The van der Waals surface area contributed by atoms with E-state index in [1.165, 1.54) is 12.1 Å². The molecule has 2 rings (SSSR count). The zero-order valence-corrected chi connectivity index (χ0v) is 13.7. The second kappa shape index (κ2) is 6.99. The molecule has 126 valence electrons. The molecule has 1 fully saturated rings. The van der Waals surface area contributed by atoms with Gasteiger partial charge in [0, 0.05) is 18.2 Å². The number of hydrogen-bond acceptors (Lipinski definition) is 5. The van der Waals surface area contributed by atoms with Gasteiger partial charge in [0.25, 0.3) is 5.91 Å². The number of ether oxygens (including phenoxy) is 1. The zero-order chi connectivity index (χ0) is 17.0. The van der Waals surface area contributed by atoms with Crippen molar-refractivity contribution < 1.29 is 22.7 Å². The van der Waals surface area contributed by atoms with Gasteiger partial charge in [0.1, 0.15) is 5.75 Å². The van der Waals surface area contributed by atoms with Crippen molar-refractivity contribution in [3.8, 4) is 5.75 Å². The number of likely N-dealkylation sites (N-methyl/N-ethyl adjacent to an activating group) is 1. The van der Waals surface area contributed by atoms with Crippen LogP contribution in [0.1, 0.15) is 23.7 Å². The van der Waals surface area contributed by atoms with E-state index < -0.39 is 15.7 Å². The van der Waals surface area contributed by atoms with Crippen molar-refractivity contribution >= 4 is 21.7 Å². The smallest absolute Gasteiger partial charge is 0.260 e. The van der Waals surface area contributed by atoms with Crippen LogP contribution >= 0.6 is 0 Å². The van der Waals surface area contributed by atoms with Gasteiger partial charge in [0.05, 0.1) is 11.5 Å². The number of nitrogens with zero attached hydrogens (tertiary/aromatic N) is 1. The Labute approximate surface area is 135 Å². The Balaban J connectivity index is 1.93. The number of primary amides is 1. The van der Waals surface area contributed by atoms with Crippen molar-refractivity contribution in [2.75, 3.05) is 24.7 Å². The van der Waals surface area contributed by atoms with E-state index in [1.807, 2.05) is 6.92 Å². The predicted octanol–water partition coefficient (Wildman–Crippen LogP) is 0.200. The van der Waals surface area contributed by atoms with Crippen molar-refractivity contribution in [1.29, 1.82) is 0 Å². The molecule has 1 aliphatic rings. The maximum atomic E-state index is 12.3. The first-order chi connectivity index (χ1) is 10.8. The molecule has 1 saturated heterocycles. The average molecular weight is 340 g/mol. The number of sulfone groups is 1. The van der Waals surface area contributed by atoms with Gasteiger partial charge in [-0.15, -0.1) is 0 Å². The van der Waals surface area contributed by atoms with Crippen molar-refractivity contribution in [3.63, 3.8) is 0 Å². The number of nitrogens with two attached hydrogens (primary N) is 1. The highest BCUT2D eigenvalue weighted by Crippen LogP contribution is 2.18. The number of hydrogen-bond donors (Lipinski definition) is 1. The van der Waals surface area contributed by atoms with Gasteiger partial charge in [-0.3, -0.25) is 9.59 Å². The SMILES string of the molecule is CCN(C(=O)COc1ccc(C(N)=O)cc1)[C@H]1CCS(=O)(=O)C1. The van der Waals surface area contributed by atoms with Crippen LogP contribution in [0.2, 0.25) is 0 Å². The molecule has 8 heteroatoms. The summed E-state index contributed by atoms with van der Waals surface area (Å²) in [6, 6.07) is 5.87. The van der Waals surface area contributed by atoms with Crippen LogP contribution in [0.4, 0.5) is 0 Å². The van der Waals surface area contributed by atoms with E-state index in [9.17, 15) is 18.0 Å². The second-order valence-corrected chi connectivity index (χ2v) is 7.64. The molecule has 0 saturated carbocycles. The molecule has 0 spiro atoms. The molecular weight excluding hydrogens is 320 g/mol. The Hall–Kier alpha value is -2.09. The van der Waals surface area contributed by atoms with E-state index in [0.717, 1.165) is 0 Å². The number of rotatable bonds is 6. The monoisotopic (exact) mass is 340 g/mol. The van der Waals surface area contributed by atoms with Crippen LogP contribution in [0.3, 0.4) is 0 Å². The summed E-state index contributed by atoms with van der Waals surface area (Å²) < 4.78 is 28.5. The molecule has 0 radical (unpaired) electrons. The molecule has 2 amide bonds. The van der Waals surface area contributed by atoms with E-state index in [4.69, 9.17) is 10.5 Å². The number of benzene rings is 1. The topological polar surface area (TPSA) is 107 Å². The minimum atomic E-state index is -3.04. The van der Waals surface area contributed by atoms with Crippen LogP contribution < -0.4 is 10.5 Å². The highest BCUT2D eigenvalue weighted by molar-refractivity contribution is 7.91. The standard InChI is InChI=1S/C15H20N2O5S/c1-2-17(12-7-8-23(20,21)10-12)14(18)9-22-13-5-3-11(4-6-13)15(16)19/h3-6,12H,2,7-10H2,1H3,(H2,16,19)/t12-/m0/s1. The van der Waals surface area contributed by atoms with Gasteiger partial charge in [-0.25, -0.2) is 8.42 Å². The van der Waals surface area contributed by atoms with Crippen molar-refractivity contribution in [3.05, 3.63) is 29.8 Å². The Morgan fingerprint density at radius 3 is 2.43 bits per heavy atom. The van der Waals surface area contributed by atoms with Crippen LogP contribution in [0.25, 0.3) is 0 Å². The Kier molecular flexibility index (Phi) is 5.25. The summed E-state index contributed by atoms with van der Waals surface area (Å²) in [7, 11) is -3.04. The molecule has 0 unspecified atom stereocenters. The molecule has 2 N–H and O–H groups in total. The zero-order valence-electron chi connectivity index (χ0n) is 12.9. The molecule has 0 aliphatic carbocycles. The molecule has 0 bridgehead atoms. The Bertz CT molecular complexity index is 684. The molecule has 1 aromatic carbocycles. The van der Waals surface area contributed by atoms with Gasteiger partial charge in [-0.1, -0.05) is 0 Å². The summed E-state index contributed by atoms with van der Waals surface area (Å²) in [6.07, 6.45) is 0.467. The molecule has 23 heavy (non-hydrogen) atoms. The molecule has 0 aromatic heterocycles. The Morgan fingerprint density at radius 2 is 1.96 bits per heavy atom. The maximum Gasteiger partial charge on any atom is 0.260 e. The predicted molar refractivity (Wildman–Crippen MR) is 84.9 cm³/mol. The normalized spacial score (nSPS) is 19.3. The quantitative estimate of drug-likeness (QED) is 0.796. The van der Waals surface area contributed by atoms with Gasteiger partial charge in [-0.2, -0.15) is 0 Å². The van der Waals surface area contributed by atoms with Gasteiger partial charge in [-0.05, 0) is 37.6 Å². The van der Waals surface area contributed by atoms with Gasteiger partial charge in [0.15, 0.2) is 16.4 Å². The van der Waals surface area contributed by atoms with E-state index in [2.05, 4.69) is 0 Å². The minimum absolute atomic E-state index is 0.0138. The molecule has 1 atom stereocenters. The molecule has 1 heterocycles. The lowest BCUT2D eigenvalue weighted by atomic mass is 10.2. The summed E-state index contributed by atoms with van der Waals surface area (Å²) in [6.45, 7) is 2.06. The first-order valence-corrected chi connectivity index (χ1v) is 9.17. The van der Waals surface area contributed by atoms with Crippen LogP contribution in [0.5, 0.6) is 5.75 Å². The largest absolute Gasteiger partial charge is 0.484 e. The van der Waals surface area contributed by atoms with Crippen LogP contribution in [0.15, 0.2) is 24.3 Å². The van der Waals surface area contributed by atoms with Crippen molar-refractivity contribution in [1.82, 2.24) is 4.90 Å². The van der Waals surface area contributed by atoms with E-state index in [1.54, 1.807) is 17.0 Å². The van der Waals surface area contributed by atoms with Crippen molar-refractivity contribution in [2.24, 2.45) is 5.73 Å².